The van der Waals surface area contributed by atoms with Crippen LogP contribution in [0.1, 0.15) is 27.7 Å². The zero-order valence-electron chi connectivity index (χ0n) is 13.5. The zero-order chi connectivity index (χ0) is 15.2. The topological polar surface area (TPSA) is 18.5 Å². The van der Waals surface area contributed by atoms with Gasteiger partial charge in [0.05, 0.1) is 12.2 Å². The molecule has 22 heavy (non-hydrogen) atoms. The molecule has 0 bridgehead atoms. The number of para-hydroxylation sites is 2. The lowest BCUT2D eigenvalue weighted by molar-refractivity contribution is 0.244. The van der Waals surface area contributed by atoms with Gasteiger partial charge in [-0.25, -0.2) is 0 Å². The van der Waals surface area contributed by atoms with Gasteiger partial charge >= 0.3 is 0 Å². The van der Waals surface area contributed by atoms with Crippen molar-refractivity contribution in [3.05, 3.63) is 48.5 Å². The van der Waals surface area contributed by atoms with Gasteiger partial charge in [0.1, 0.15) is 11.5 Å². The number of rotatable bonds is 6. The second-order valence-corrected chi connectivity index (χ2v) is 6.78. The standard InChI is InChI=1S/C18H23O2P.ClH/c1-13(2)19-15-9-5-7-11-17(15)21-18-12-8-6-10-16(18)20-14(3)4;/h5-14,21H,1-4H3;1H. The minimum absolute atomic E-state index is 0. The highest BCUT2D eigenvalue weighted by atomic mass is 35.5. The number of hydrogen-bond donors (Lipinski definition) is 0. The van der Waals surface area contributed by atoms with Crippen molar-refractivity contribution in [2.75, 3.05) is 0 Å². The largest absolute Gasteiger partial charge is 0.490 e. The van der Waals surface area contributed by atoms with Gasteiger partial charge < -0.3 is 9.47 Å². The van der Waals surface area contributed by atoms with Crippen molar-refractivity contribution in [2.24, 2.45) is 0 Å². The molecule has 0 aliphatic carbocycles. The number of hydrogen-bond acceptors (Lipinski definition) is 2. The molecule has 0 N–H and O–H groups in total. The molecular formula is C18H24ClO2P. The number of halogens is 1. The molecule has 2 rings (SSSR count). The van der Waals surface area contributed by atoms with Crippen LogP contribution in [0.15, 0.2) is 48.5 Å². The summed E-state index contributed by atoms with van der Waals surface area (Å²) in [4.78, 5) is 0. The first-order valence-electron chi connectivity index (χ1n) is 7.34. The molecule has 2 nitrogen and oxygen atoms in total. The van der Waals surface area contributed by atoms with E-state index in [9.17, 15) is 0 Å². The van der Waals surface area contributed by atoms with Gasteiger partial charge in [-0.2, -0.15) is 0 Å². The SMILES string of the molecule is CC(C)Oc1ccccc1Pc1ccccc1OC(C)C.Cl. The van der Waals surface area contributed by atoms with Crippen LogP contribution in [0.5, 0.6) is 11.5 Å². The van der Waals surface area contributed by atoms with Crippen molar-refractivity contribution in [2.45, 2.75) is 39.9 Å². The van der Waals surface area contributed by atoms with Crippen LogP contribution in [-0.4, -0.2) is 12.2 Å². The van der Waals surface area contributed by atoms with Crippen LogP contribution in [0.2, 0.25) is 0 Å². The summed E-state index contributed by atoms with van der Waals surface area (Å²) in [5, 5.41) is 2.43. The molecule has 0 spiro atoms. The van der Waals surface area contributed by atoms with Gasteiger partial charge in [-0.15, -0.1) is 12.4 Å². The smallest absolute Gasteiger partial charge is 0.127 e. The molecule has 2 aromatic carbocycles. The lowest BCUT2D eigenvalue weighted by atomic mass is 10.3. The van der Waals surface area contributed by atoms with Crippen LogP contribution in [-0.2, 0) is 0 Å². The highest BCUT2D eigenvalue weighted by Crippen LogP contribution is 2.24. The Kier molecular flexibility index (Phi) is 7.72. The van der Waals surface area contributed by atoms with E-state index in [1.54, 1.807) is 0 Å². The monoisotopic (exact) mass is 338 g/mol. The average molecular weight is 339 g/mol. The number of benzene rings is 2. The summed E-state index contributed by atoms with van der Waals surface area (Å²) in [6, 6.07) is 16.5. The van der Waals surface area contributed by atoms with E-state index in [2.05, 4.69) is 52.0 Å². The maximum Gasteiger partial charge on any atom is 0.127 e. The van der Waals surface area contributed by atoms with Crippen molar-refractivity contribution in [3.8, 4) is 11.5 Å². The first-order valence-corrected chi connectivity index (χ1v) is 8.34. The van der Waals surface area contributed by atoms with Crippen molar-refractivity contribution >= 4 is 31.6 Å². The van der Waals surface area contributed by atoms with Gasteiger partial charge in [-0.05, 0) is 39.8 Å². The van der Waals surface area contributed by atoms with Crippen molar-refractivity contribution in [3.63, 3.8) is 0 Å². The Morgan fingerprint density at radius 1 is 0.682 bits per heavy atom. The van der Waals surface area contributed by atoms with Crippen molar-refractivity contribution in [1.29, 1.82) is 0 Å². The van der Waals surface area contributed by atoms with E-state index < -0.39 is 0 Å². The first-order chi connectivity index (χ1) is 10.1. The molecule has 4 heteroatoms. The molecule has 0 amide bonds. The Bertz CT molecular complexity index is 533. The Balaban J connectivity index is 0.00000242. The van der Waals surface area contributed by atoms with Crippen molar-refractivity contribution < 1.29 is 9.47 Å². The Hall–Kier alpha value is -1.24. The molecule has 0 aliphatic rings. The third-order valence-corrected chi connectivity index (χ3v) is 4.13. The van der Waals surface area contributed by atoms with E-state index in [0.717, 1.165) is 11.5 Å². The highest BCUT2D eigenvalue weighted by molar-refractivity contribution is 7.56. The fourth-order valence-corrected chi connectivity index (χ4v) is 3.18. The van der Waals surface area contributed by atoms with Gasteiger partial charge in [0.25, 0.3) is 0 Å². The predicted molar refractivity (Wildman–Crippen MR) is 99.2 cm³/mol. The molecule has 0 aliphatic heterocycles. The molecule has 0 heterocycles. The summed E-state index contributed by atoms with van der Waals surface area (Å²) >= 11 is 0. The van der Waals surface area contributed by atoms with Gasteiger partial charge in [-0.3, -0.25) is 0 Å². The normalized spacial score (nSPS) is 10.5. The van der Waals surface area contributed by atoms with E-state index >= 15 is 0 Å². The lowest BCUT2D eigenvalue weighted by Crippen LogP contribution is -2.16. The Morgan fingerprint density at radius 3 is 1.41 bits per heavy atom. The van der Waals surface area contributed by atoms with Gasteiger partial charge in [0.15, 0.2) is 0 Å². The fourth-order valence-electron chi connectivity index (χ4n) is 2.00. The first kappa shape index (κ1) is 18.8. The summed E-state index contributed by atoms with van der Waals surface area (Å²) in [5.41, 5.74) is 0. The van der Waals surface area contributed by atoms with E-state index in [1.165, 1.54) is 10.6 Å². The molecule has 0 unspecified atom stereocenters. The third-order valence-electron chi connectivity index (χ3n) is 2.77. The van der Waals surface area contributed by atoms with E-state index in [4.69, 9.17) is 9.47 Å². The van der Waals surface area contributed by atoms with E-state index in [-0.39, 0.29) is 24.6 Å². The van der Waals surface area contributed by atoms with Crippen LogP contribution in [0, 0.1) is 0 Å². The van der Waals surface area contributed by atoms with Gasteiger partial charge in [0.2, 0.25) is 0 Å². The molecule has 2 aromatic rings. The Morgan fingerprint density at radius 2 is 1.05 bits per heavy atom. The molecule has 0 saturated carbocycles. The molecule has 0 aromatic heterocycles. The minimum atomic E-state index is 0. The number of ether oxygens (including phenoxy) is 2. The van der Waals surface area contributed by atoms with Crippen LogP contribution in [0.25, 0.3) is 0 Å². The van der Waals surface area contributed by atoms with Crippen LogP contribution >= 0.6 is 21.0 Å². The molecule has 0 radical (unpaired) electrons. The fraction of sp³-hybridized carbons (Fsp3) is 0.333. The maximum atomic E-state index is 5.90. The molecular weight excluding hydrogens is 315 g/mol. The summed E-state index contributed by atoms with van der Waals surface area (Å²) in [6.07, 6.45) is 0.358. The summed E-state index contributed by atoms with van der Waals surface area (Å²) < 4.78 is 11.8. The summed E-state index contributed by atoms with van der Waals surface area (Å²) in [7, 11) is 0.523. The third kappa shape index (κ3) is 5.51. The Labute approximate surface area is 141 Å². The average Bonchev–Trinajstić information content (AvgIpc) is 2.42. The second kappa shape index (κ2) is 9.02. The molecule has 0 fully saturated rings. The van der Waals surface area contributed by atoms with Crippen molar-refractivity contribution in [1.82, 2.24) is 0 Å². The minimum Gasteiger partial charge on any atom is -0.490 e. The second-order valence-electron chi connectivity index (χ2n) is 5.45. The predicted octanol–water partition coefficient (Wildman–Crippen LogP) is 4.31. The van der Waals surface area contributed by atoms with Crippen LogP contribution < -0.4 is 20.1 Å². The highest BCUT2D eigenvalue weighted by Gasteiger charge is 2.10. The summed E-state index contributed by atoms with van der Waals surface area (Å²) in [6.45, 7) is 8.21. The zero-order valence-corrected chi connectivity index (χ0v) is 15.3. The van der Waals surface area contributed by atoms with Gasteiger partial charge in [-0.1, -0.05) is 45.0 Å². The maximum absolute atomic E-state index is 5.90. The summed E-state index contributed by atoms with van der Waals surface area (Å²) in [5.74, 6) is 1.93. The molecule has 120 valence electrons. The van der Waals surface area contributed by atoms with E-state index in [0.29, 0.717) is 8.58 Å². The quantitative estimate of drug-likeness (QED) is 0.731. The van der Waals surface area contributed by atoms with E-state index in [1.807, 2.05) is 24.3 Å². The molecule has 0 saturated heterocycles. The van der Waals surface area contributed by atoms with Crippen LogP contribution in [0.3, 0.4) is 0 Å². The lowest BCUT2D eigenvalue weighted by Gasteiger charge is -2.17. The van der Waals surface area contributed by atoms with Crippen LogP contribution in [0.4, 0.5) is 0 Å². The molecule has 0 atom stereocenters. The van der Waals surface area contributed by atoms with Gasteiger partial charge in [0, 0.05) is 10.6 Å².